The second-order valence-electron chi connectivity index (χ2n) is 11.6. The molecule has 2 bridgehead atoms. The molecule has 2 aromatic rings. The Morgan fingerprint density at radius 3 is 2.57 bits per heavy atom. The van der Waals surface area contributed by atoms with Gasteiger partial charge in [0, 0.05) is 47.2 Å². The number of nitrogens with one attached hydrogen (secondary N) is 4. The van der Waals surface area contributed by atoms with Crippen molar-refractivity contribution in [2.45, 2.75) is 108 Å². The van der Waals surface area contributed by atoms with Gasteiger partial charge in [0.15, 0.2) is 0 Å². The normalized spacial score (nSPS) is 32.1. The van der Waals surface area contributed by atoms with Crippen molar-refractivity contribution in [1.82, 2.24) is 25.7 Å². The number of nitrogens with zero attached hydrogens (tertiary/aromatic N) is 3. The summed E-state index contributed by atoms with van der Waals surface area (Å²) in [5.41, 5.74) is 7.35. The van der Waals surface area contributed by atoms with E-state index in [1.165, 1.54) is 19.3 Å². The van der Waals surface area contributed by atoms with E-state index < -0.39 is 0 Å². The van der Waals surface area contributed by atoms with E-state index in [9.17, 15) is 4.79 Å². The lowest BCUT2D eigenvalue weighted by atomic mass is 9.78. The predicted molar refractivity (Wildman–Crippen MR) is 139 cm³/mol. The van der Waals surface area contributed by atoms with Crippen LogP contribution in [-0.2, 0) is 4.79 Å². The molecule has 3 saturated heterocycles. The molecule has 0 aromatic carbocycles. The zero-order valence-corrected chi connectivity index (χ0v) is 21.0. The molecule has 6 rings (SSSR count). The maximum absolute atomic E-state index is 13.7. The summed E-state index contributed by atoms with van der Waals surface area (Å²) in [4.78, 5) is 25.6. The number of hydrogen-bond acceptors (Lipinski definition) is 7. The molecule has 8 nitrogen and oxygen atoms in total. The maximum Gasteiger partial charge on any atom is 0.229 e. The van der Waals surface area contributed by atoms with Crippen molar-refractivity contribution in [1.29, 1.82) is 0 Å². The SMILES string of the molecule is CC1CC(Nc2cc3ncccc3c(NC3C[C@H]4CCC[C@@H](C3)N4C(=O)C3(C)CCCC3)n2)NN1. The zero-order valence-electron chi connectivity index (χ0n) is 21.0. The average Bonchev–Trinajstić information content (AvgIpc) is 3.47. The summed E-state index contributed by atoms with van der Waals surface area (Å²) in [6, 6.07) is 7.51. The Hall–Kier alpha value is -2.45. The number of fused-ring (bicyclic) bond motifs is 3. The highest BCUT2D eigenvalue weighted by Gasteiger charge is 2.47. The molecule has 4 fully saturated rings. The fourth-order valence-corrected chi connectivity index (χ4v) is 6.95. The van der Waals surface area contributed by atoms with Crippen molar-refractivity contribution in [3.8, 4) is 0 Å². The first-order valence-corrected chi connectivity index (χ1v) is 13.6. The number of piperidine rings is 2. The molecule has 35 heavy (non-hydrogen) atoms. The van der Waals surface area contributed by atoms with E-state index in [-0.39, 0.29) is 11.6 Å². The molecular formula is C27H39N7O. The molecule has 1 saturated carbocycles. The molecule has 188 valence electrons. The van der Waals surface area contributed by atoms with Crippen LogP contribution < -0.4 is 21.5 Å². The molecule has 2 aromatic heterocycles. The van der Waals surface area contributed by atoms with Crippen LogP contribution in [0.25, 0.3) is 10.9 Å². The fourth-order valence-electron chi connectivity index (χ4n) is 6.95. The summed E-state index contributed by atoms with van der Waals surface area (Å²) >= 11 is 0. The lowest BCUT2D eigenvalue weighted by Crippen LogP contribution is -2.59. The minimum atomic E-state index is -0.141. The topological polar surface area (TPSA) is 94.2 Å². The van der Waals surface area contributed by atoms with Crippen molar-refractivity contribution < 1.29 is 4.79 Å². The molecule has 0 spiro atoms. The van der Waals surface area contributed by atoms with Crippen LogP contribution in [0.2, 0.25) is 0 Å². The molecular weight excluding hydrogens is 438 g/mol. The number of carbonyl (C=O) groups excluding carboxylic acids is 1. The number of hydrazine groups is 1. The molecule has 4 N–H and O–H groups in total. The maximum atomic E-state index is 13.7. The smallest absolute Gasteiger partial charge is 0.229 e. The summed E-state index contributed by atoms with van der Waals surface area (Å²) in [6.45, 7) is 4.37. The van der Waals surface area contributed by atoms with Gasteiger partial charge in [-0.2, -0.15) is 0 Å². The average molecular weight is 478 g/mol. The summed E-state index contributed by atoms with van der Waals surface area (Å²) in [7, 11) is 0. The van der Waals surface area contributed by atoms with Crippen molar-refractivity contribution >= 4 is 28.4 Å². The molecule has 8 heteroatoms. The second-order valence-corrected chi connectivity index (χ2v) is 11.6. The molecule has 3 aliphatic heterocycles. The van der Waals surface area contributed by atoms with Gasteiger partial charge >= 0.3 is 0 Å². The largest absolute Gasteiger partial charge is 0.367 e. The Balaban J connectivity index is 1.22. The van der Waals surface area contributed by atoms with Crippen LogP contribution in [0.3, 0.4) is 0 Å². The Morgan fingerprint density at radius 1 is 1.09 bits per heavy atom. The van der Waals surface area contributed by atoms with Crippen LogP contribution in [0.5, 0.6) is 0 Å². The zero-order chi connectivity index (χ0) is 24.0. The minimum Gasteiger partial charge on any atom is -0.367 e. The van der Waals surface area contributed by atoms with Crippen LogP contribution in [-0.4, -0.2) is 51.1 Å². The van der Waals surface area contributed by atoms with E-state index in [4.69, 9.17) is 4.98 Å². The highest BCUT2D eigenvalue weighted by Crippen LogP contribution is 2.44. The number of hydrogen-bond donors (Lipinski definition) is 4. The van der Waals surface area contributed by atoms with Crippen LogP contribution in [0, 0.1) is 5.41 Å². The first-order valence-electron chi connectivity index (χ1n) is 13.6. The van der Waals surface area contributed by atoms with Gasteiger partial charge in [0.1, 0.15) is 11.6 Å². The van der Waals surface area contributed by atoms with E-state index in [2.05, 4.69) is 51.3 Å². The van der Waals surface area contributed by atoms with E-state index >= 15 is 0 Å². The lowest BCUT2D eigenvalue weighted by molar-refractivity contribution is -0.151. The Kier molecular flexibility index (Phi) is 6.05. The number of rotatable bonds is 5. The molecule has 3 unspecified atom stereocenters. The van der Waals surface area contributed by atoms with Gasteiger partial charge in [0.05, 0.1) is 11.7 Å². The quantitative estimate of drug-likeness (QED) is 0.514. The highest BCUT2D eigenvalue weighted by molar-refractivity contribution is 5.91. The molecule has 5 atom stereocenters. The van der Waals surface area contributed by atoms with Crippen LogP contribution in [0.1, 0.15) is 78.1 Å². The molecule has 1 aliphatic carbocycles. The predicted octanol–water partition coefficient (Wildman–Crippen LogP) is 4.16. The second kappa shape index (κ2) is 9.21. The number of pyridine rings is 2. The standard InChI is InChI=1S/C27H39N7O/c1-17-13-24(33-32-17)30-23-16-22-21(9-6-12-28-22)25(31-23)29-18-14-19-7-5-8-20(15-18)34(19)26(35)27(2)10-3-4-11-27/h6,9,12,16-20,24,32-33H,3-5,7-8,10-11,13-15H2,1-2H3,(H2,29,30,31)/t17?,18?,19-,20+,24?. The van der Waals surface area contributed by atoms with Gasteiger partial charge in [-0.15, -0.1) is 0 Å². The van der Waals surface area contributed by atoms with Gasteiger partial charge in [-0.05, 0) is 70.4 Å². The molecule has 5 heterocycles. The Bertz CT molecular complexity index is 1070. The van der Waals surface area contributed by atoms with Gasteiger partial charge in [-0.25, -0.2) is 10.4 Å². The number of aromatic nitrogens is 2. The van der Waals surface area contributed by atoms with Crippen molar-refractivity contribution in [2.24, 2.45) is 5.41 Å². The van der Waals surface area contributed by atoms with Crippen molar-refractivity contribution in [2.75, 3.05) is 10.6 Å². The van der Waals surface area contributed by atoms with E-state index in [1.807, 2.05) is 18.3 Å². The first kappa shape index (κ1) is 23.0. The third-order valence-corrected chi connectivity index (χ3v) is 8.79. The molecule has 4 aliphatic rings. The minimum absolute atomic E-state index is 0.136. The van der Waals surface area contributed by atoms with Crippen LogP contribution >= 0.6 is 0 Å². The summed E-state index contributed by atoms with van der Waals surface area (Å²) in [5.74, 6) is 2.14. The van der Waals surface area contributed by atoms with E-state index in [1.54, 1.807) is 0 Å². The van der Waals surface area contributed by atoms with E-state index in [0.717, 1.165) is 67.5 Å². The Labute approximate surface area is 208 Å². The number of amides is 1. The summed E-state index contributed by atoms with van der Waals surface area (Å²) < 4.78 is 0. The van der Waals surface area contributed by atoms with Crippen molar-refractivity contribution in [3.63, 3.8) is 0 Å². The van der Waals surface area contributed by atoms with Gasteiger partial charge in [0.25, 0.3) is 0 Å². The third-order valence-electron chi connectivity index (χ3n) is 8.79. The molecule has 1 amide bonds. The van der Waals surface area contributed by atoms with Gasteiger partial charge in [0.2, 0.25) is 5.91 Å². The molecule has 0 radical (unpaired) electrons. The van der Waals surface area contributed by atoms with E-state index in [0.29, 0.717) is 30.1 Å². The third kappa shape index (κ3) is 4.47. The fraction of sp³-hybridized carbons (Fsp3) is 0.667. The summed E-state index contributed by atoms with van der Waals surface area (Å²) in [5, 5.41) is 8.37. The van der Waals surface area contributed by atoms with Gasteiger partial charge in [-0.3, -0.25) is 15.2 Å². The van der Waals surface area contributed by atoms with Crippen molar-refractivity contribution in [3.05, 3.63) is 24.4 Å². The van der Waals surface area contributed by atoms with Gasteiger partial charge in [-0.1, -0.05) is 19.8 Å². The Morgan fingerprint density at radius 2 is 1.86 bits per heavy atom. The van der Waals surface area contributed by atoms with Crippen LogP contribution in [0.15, 0.2) is 24.4 Å². The number of anilines is 2. The summed E-state index contributed by atoms with van der Waals surface area (Å²) in [6.07, 6.45) is 12.9. The van der Waals surface area contributed by atoms with Gasteiger partial charge < -0.3 is 15.5 Å². The highest BCUT2D eigenvalue weighted by atomic mass is 16.2. The lowest BCUT2D eigenvalue weighted by Gasteiger charge is -2.51. The van der Waals surface area contributed by atoms with Crippen LogP contribution in [0.4, 0.5) is 11.6 Å². The first-order chi connectivity index (χ1) is 17.0. The number of carbonyl (C=O) groups is 1. The monoisotopic (exact) mass is 477 g/mol.